The van der Waals surface area contributed by atoms with Crippen molar-refractivity contribution in [1.29, 1.82) is 0 Å². The normalized spacial score (nSPS) is 4.22. The van der Waals surface area contributed by atoms with E-state index in [0.717, 1.165) is 0 Å². The fraction of sp³-hybridized carbons (Fsp3) is 1.00. The Hall–Kier alpha value is 2.65. The van der Waals surface area contributed by atoms with Crippen molar-refractivity contribution in [3.05, 3.63) is 0 Å². The van der Waals surface area contributed by atoms with Crippen molar-refractivity contribution in [2.24, 2.45) is 0 Å². The average molecular weight is 392 g/mol. The van der Waals surface area contributed by atoms with E-state index < -0.39 is 0 Å². The predicted octanol–water partition coefficient (Wildman–Crippen LogP) is 1.18. The molecule has 9 heavy (non-hydrogen) atoms. The molecule has 0 saturated heterocycles. The van der Waals surface area contributed by atoms with E-state index in [1.54, 1.807) is 45.0 Å². The van der Waals surface area contributed by atoms with E-state index in [0.29, 0.717) is 0 Å². The van der Waals surface area contributed by atoms with Gasteiger partial charge in [-0.25, -0.2) is 0 Å². The van der Waals surface area contributed by atoms with E-state index in [1.165, 1.54) is 8.87 Å². The van der Waals surface area contributed by atoms with Crippen molar-refractivity contribution in [2.45, 2.75) is 22.7 Å². The van der Waals surface area contributed by atoms with Gasteiger partial charge in [-0.2, -0.15) is 0 Å². The molecule has 0 spiro atoms. The Morgan fingerprint density at radius 2 is 0.778 bits per heavy atom. The fourth-order valence-electron chi connectivity index (χ4n) is 0. The largest absolute Gasteiger partial charge is 2.00 e. The molecule has 0 nitrogen and oxygen atoms in total. The number of hydrogen-bond acceptors (Lipinski definition) is 0. The second-order valence-electron chi connectivity index (χ2n) is 0.707. The Bertz CT molecular complexity index is 15.8. The van der Waals surface area contributed by atoms with Crippen LogP contribution in [0, 0.1) is 0 Å². The first kappa shape index (κ1) is 29.9. The molecule has 0 radical (unpaired) electrons. The number of rotatable bonds is 0. The molecular formula is C4H10S3Sn2. The topological polar surface area (TPSA) is 0 Å². The summed E-state index contributed by atoms with van der Waals surface area (Å²) in [6.45, 7) is 4.33. The zero-order valence-electron chi connectivity index (χ0n) is 5.64. The van der Waals surface area contributed by atoms with Gasteiger partial charge in [0.05, 0.1) is 0 Å². The van der Waals surface area contributed by atoms with Gasteiger partial charge in [-0.3, -0.25) is 0 Å². The zero-order chi connectivity index (χ0) is 5.41. The van der Waals surface area contributed by atoms with Crippen molar-refractivity contribution >= 4 is 85.5 Å². The summed E-state index contributed by atoms with van der Waals surface area (Å²) in [6.07, 6.45) is 0. The monoisotopic (exact) mass is 394 g/mol. The van der Waals surface area contributed by atoms with Crippen molar-refractivity contribution in [3.8, 4) is 0 Å². The van der Waals surface area contributed by atoms with E-state index in [2.05, 4.69) is 13.8 Å². The molecule has 0 bridgehead atoms. The molecule has 0 fully saturated rings. The third kappa shape index (κ3) is 114. The van der Waals surface area contributed by atoms with E-state index >= 15 is 0 Å². The molecule has 0 aromatic rings. The van der Waals surface area contributed by atoms with Crippen LogP contribution < -0.4 is 0 Å². The molecule has 0 N–H and O–H groups in total. The van der Waals surface area contributed by atoms with Gasteiger partial charge in [0.2, 0.25) is 0 Å². The maximum atomic E-state index is 2.16. The summed E-state index contributed by atoms with van der Waals surface area (Å²) < 4.78 is 2.68. The van der Waals surface area contributed by atoms with Gasteiger partial charge in [-0.15, -0.1) is 0 Å². The van der Waals surface area contributed by atoms with Gasteiger partial charge in [0.1, 0.15) is 0 Å². The molecule has 0 aromatic carbocycles. The second kappa shape index (κ2) is 45.9. The predicted molar refractivity (Wildman–Crippen MR) is 54.6 cm³/mol. The Kier molecular flexibility index (Phi) is 152. The van der Waals surface area contributed by atoms with Crippen LogP contribution in [0.2, 0.25) is 8.87 Å². The molecule has 0 aromatic heterocycles. The molecule has 5 heteroatoms. The molecular weight excluding hydrogens is 382 g/mol. The average Bonchev–Trinajstić information content (AvgIpc) is 1.39. The quantitative estimate of drug-likeness (QED) is 0.544. The Morgan fingerprint density at radius 1 is 0.778 bits per heavy atom. The smallest absolute Gasteiger partial charge is 2.00 e. The molecule has 0 heterocycles. The first-order valence-electron chi connectivity index (χ1n) is 2.12. The van der Waals surface area contributed by atoms with Gasteiger partial charge in [0.25, 0.3) is 0 Å². The van der Waals surface area contributed by atoms with E-state index in [1.807, 2.05) is 0 Å². The van der Waals surface area contributed by atoms with Gasteiger partial charge < -0.3 is 40.5 Å². The summed E-state index contributed by atoms with van der Waals surface area (Å²) in [4.78, 5) is 0. The molecule has 0 atom stereocenters. The minimum Gasteiger partial charge on any atom is -2.00 e. The van der Waals surface area contributed by atoms with Crippen LogP contribution in [0.1, 0.15) is 13.8 Å². The fourth-order valence-corrected chi connectivity index (χ4v) is 0. The summed E-state index contributed by atoms with van der Waals surface area (Å²) >= 11 is 3.27. The maximum Gasteiger partial charge on any atom is -2.00 e. The zero-order valence-corrected chi connectivity index (χ0v) is 13.8. The molecule has 0 aliphatic rings. The molecule has 0 unspecified atom stereocenters. The molecule has 52 valence electrons. The Balaban J connectivity index is -0.00000000889. The maximum absolute atomic E-state index is 2.16. The van der Waals surface area contributed by atoms with Crippen molar-refractivity contribution < 1.29 is 0 Å². The third-order valence-electron chi connectivity index (χ3n) is 0. The van der Waals surface area contributed by atoms with Crippen molar-refractivity contribution in [3.63, 3.8) is 0 Å². The van der Waals surface area contributed by atoms with Crippen LogP contribution in [-0.4, -0.2) is 45.0 Å². The van der Waals surface area contributed by atoms with E-state index in [9.17, 15) is 0 Å². The number of hydrogen-bond donors (Lipinski definition) is 0. The summed E-state index contributed by atoms with van der Waals surface area (Å²) in [5, 5.41) is 0. The van der Waals surface area contributed by atoms with Gasteiger partial charge in [0, 0.05) is 0 Å². The minimum atomic E-state index is 0. The van der Waals surface area contributed by atoms with Crippen LogP contribution in [0.5, 0.6) is 0 Å². The summed E-state index contributed by atoms with van der Waals surface area (Å²) in [6, 6.07) is 0. The van der Waals surface area contributed by atoms with Crippen molar-refractivity contribution in [1.82, 2.24) is 0 Å². The molecule has 0 aliphatic heterocycles. The van der Waals surface area contributed by atoms with Crippen LogP contribution in [0.4, 0.5) is 0 Å². The minimum absolute atomic E-state index is 0. The van der Waals surface area contributed by atoms with Crippen LogP contribution in [0.15, 0.2) is 0 Å². The van der Waals surface area contributed by atoms with Gasteiger partial charge in [-0.1, -0.05) is 0 Å². The molecule has 0 saturated carbocycles. The van der Waals surface area contributed by atoms with Crippen LogP contribution in [0.3, 0.4) is 0 Å². The SMILES string of the molecule is C[CH2][Sn+3].C[CH2][Sn+3].[S-2].[S-2].[S-2]. The summed E-state index contributed by atoms with van der Waals surface area (Å²) in [5.41, 5.74) is 0. The third-order valence-corrected chi connectivity index (χ3v) is 0. The van der Waals surface area contributed by atoms with Crippen LogP contribution in [-0.2, 0) is 40.5 Å². The van der Waals surface area contributed by atoms with Gasteiger partial charge in [-0.05, 0) is 0 Å². The Labute approximate surface area is 107 Å². The molecule has 0 amide bonds. The first-order valence-corrected chi connectivity index (χ1v) is 6.16. The van der Waals surface area contributed by atoms with E-state index in [4.69, 9.17) is 0 Å². The Morgan fingerprint density at radius 3 is 0.778 bits per heavy atom. The van der Waals surface area contributed by atoms with Crippen molar-refractivity contribution in [2.75, 3.05) is 0 Å². The summed E-state index contributed by atoms with van der Waals surface area (Å²) in [7, 11) is 0. The van der Waals surface area contributed by atoms with Crippen LogP contribution in [0.25, 0.3) is 0 Å². The van der Waals surface area contributed by atoms with Gasteiger partial charge in [0.15, 0.2) is 0 Å². The standard InChI is InChI=1S/2C2H5.3S.2Sn/c2*1-2;;;;;/h2*1H2,2H3;;;;;/q;;3*-2;2*+3. The summed E-state index contributed by atoms with van der Waals surface area (Å²) in [5.74, 6) is 0. The molecule has 0 aliphatic carbocycles. The molecule has 0 rings (SSSR count). The second-order valence-corrected chi connectivity index (χ2v) is 4.74. The van der Waals surface area contributed by atoms with Gasteiger partial charge >= 0.3 is 67.8 Å². The van der Waals surface area contributed by atoms with E-state index in [-0.39, 0.29) is 40.5 Å². The van der Waals surface area contributed by atoms with Crippen LogP contribution >= 0.6 is 0 Å². The first-order chi connectivity index (χ1) is 2.83.